The van der Waals surface area contributed by atoms with Gasteiger partial charge in [0.15, 0.2) is 11.5 Å². The Morgan fingerprint density at radius 3 is 2.10 bits per heavy atom. The van der Waals surface area contributed by atoms with Crippen LogP contribution in [-0.2, 0) is 14.3 Å². The molecular formula is C22H23Cl2NO6. The molecule has 0 unspecified atom stereocenters. The number of rotatable bonds is 8. The zero-order chi connectivity index (χ0) is 23.3. The number of hydrogen-bond acceptors (Lipinski definition) is 6. The van der Waals surface area contributed by atoms with Gasteiger partial charge in [-0.3, -0.25) is 14.4 Å². The molecule has 7 nitrogen and oxygen atoms in total. The molecule has 0 atom stereocenters. The number of ketones is 1. The summed E-state index contributed by atoms with van der Waals surface area (Å²) in [7, 11) is 2.72. The summed E-state index contributed by atoms with van der Waals surface area (Å²) in [5.74, 6) is -0.386. The molecule has 0 aliphatic heterocycles. The Morgan fingerprint density at radius 1 is 1.00 bits per heavy atom. The van der Waals surface area contributed by atoms with Gasteiger partial charge >= 0.3 is 5.97 Å². The monoisotopic (exact) mass is 467 g/mol. The molecule has 0 heterocycles. The second kappa shape index (κ2) is 10.5. The molecule has 0 saturated carbocycles. The Kier molecular flexibility index (Phi) is 8.30. The van der Waals surface area contributed by atoms with Crippen LogP contribution in [-0.4, -0.2) is 31.9 Å². The fourth-order valence-corrected chi connectivity index (χ4v) is 3.38. The van der Waals surface area contributed by atoms with Crippen molar-refractivity contribution in [2.75, 3.05) is 19.5 Å². The van der Waals surface area contributed by atoms with Crippen molar-refractivity contribution < 1.29 is 28.6 Å². The summed E-state index contributed by atoms with van der Waals surface area (Å²) in [6.07, 6.45) is -0.449. The number of esters is 1. The second-order valence-corrected chi connectivity index (χ2v) is 7.79. The summed E-state index contributed by atoms with van der Waals surface area (Å²) < 4.78 is 15.8. The molecular weight excluding hydrogens is 445 g/mol. The SMILES string of the molecule is COC(=O)CC(=O)Nc1cc(Cl)c(Oc2cc(C(C)C)c(OC)cc2C(C)=O)c(Cl)c1. The van der Waals surface area contributed by atoms with Gasteiger partial charge < -0.3 is 19.5 Å². The van der Waals surface area contributed by atoms with Gasteiger partial charge in [0.05, 0.1) is 29.8 Å². The Morgan fingerprint density at radius 2 is 1.61 bits per heavy atom. The lowest BCUT2D eigenvalue weighted by Gasteiger charge is -2.18. The Balaban J connectivity index is 2.40. The summed E-state index contributed by atoms with van der Waals surface area (Å²) >= 11 is 12.7. The number of carbonyl (C=O) groups excluding carboxylic acids is 3. The van der Waals surface area contributed by atoms with Crippen LogP contribution in [0.2, 0.25) is 10.0 Å². The van der Waals surface area contributed by atoms with E-state index in [1.54, 1.807) is 12.1 Å². The maximum Gasteiger partial charge on any atom is 0.315 e. The van der Waals surface area contributed by atoms with E-state index in [1.807, 2.05) is 13.8 Å². The molecule has 31 heavy (non-hydrogen) atoms. The summed E-state index contributed by atoms with van der Waals surface area (Å²) in [5.41, 5.74) is 1.44. The molecule has 2 aromatic carbocycles. The minimum atomic E-state index is -0.674. The van der Waals surface area contributed by atoms with Crippen molar-refractivity contribution in [1.82, 2.24) is 0 Å². The molecule has 0 aromatic heterocycles. The van der Waals surface area contributed by atoms with Gasteiger partial charge in [0.25, 0.3) is 0 Å². The van der Waals surface area contributed by atoms with Crippen molar-refractivity contribution in [3.8, 4) is 17.2 Å². The third-order valence-corrected chi connectivity index (χ3v) is 4.92. The van der Waals surface area contributed by atoms with Crippen LogP contribution in [0.1, 0.15) is 49.0 Å². The number of methoxy groups -OCH3 is 2. The van der Waals surface area contributed by atoms with Gasteiger partial charge in [-0.1, -0.05) is 37.0 Å². The lowest BCUT2D eigenvalue weighted by Crippen LogP contribution is -2.17. The zero-order valence-corrected chi connectivity index (χ0v) is 19.3. The number of amides is 1. The number of halogens is 2. The van der Waals surface area contributed by atoms with Gasteiger partial charge in [-0.15, -0.1) is 0 Å². The largest absolute Gasteiger partial charge is 0.496 e. The summed E-state index contributed by atoms with van der Waals surface area (Å²) in [4.78, 5) is 35.3. The maximum atomic E-state index is 12.2. The number of Topliss-reactive ketones (excluding diaryl/α,β-unsaturated/α-hetero) is 1. The molecule has 0 bridgehead atoms. The van der Waals surface area contributed by atoms with Crippen molar-refractivity contribution in [3.63, 3.8) is 0 Å². The highest BCUT2D eigenvalue weighted by Gasteiger charge is 2.20. The lowest BCUT2D eigenvalue weighted by molar-refractivity contribution is -0.142. The molecule has 2 aromatic rings. The van der Waals surface area contributed by atoms with Crippen LogP contribution in [0.3, 0.4) is 0 Å². The smallest absolute Gasteiger partial charge is 0.315 e. The van der Waals surface area contributed by atoms with Crippen molar-refractivity contribution in [2.24, 2.45) is 0 Å². The molecule has 0 saturated heterocycles. The number of anilines is 1. The van der Waals surface area contributed by atoms with Crippen LogP contribution in [0, 0.1) is 0 Å². The third-order valence-electron chi connectivity index (χ3n) is 4.36. The molecule has 1 amide bonds. The lowest BCUT2D eigenvalue weighted by atomic mass is 9.98. The van der Waals surface area contributed by atoms with E-state index in [1.165, 1.54) is 33.3 Å². The molecule has 9 heteroatoms. The van der Waals surface area contributed by atoms with Crippen molar-refractivity contribution in [1.29, 1.82) is 0 Å². The summed E-state index contributed by atoms with van der Waals surface area (Å²) in [5, 5.41) is 2.73. The first-order valence-corrected chi connectivity index (χ1v) is 10.1. The van der Waals surface area contributed by atoms with E-state index >= 15 is 0 Å². The van der Waals surface area contributed by atoms with E-state index in [9.17, 15) is 14.4 Å². The predicted octanol–water partition coefficient (Wildman–Crippen LogP) is 5.62. The number of hydrogen-bond donors (Lipinski definition) is 1. The minimum absolute atomic E-state index is 0.108. The average Bonchev–Trinajstić information content (AvgIpc) is 2.69. The van der Waals surface area contributed by atoms with Crippen LogP contribution in [0.25, 0.3) is 0 Å². The van der Waals surface area contributed by atoms with E-state index in [0.29, 0.717) is 11.3 Å². The summed E-state index contributed by atoms with van der Waals surface area (Å²) in [6, 6.07) is 6.20. The Bertz CT molecular complexity index is 996. The molecule has 0 spiro atoms. The highest BCUT2D eigenvalue weighted by atomic mass is 35.5. The van der Waals surface area contributed by atoms with E-state index in [2.05, 4.69) is 10.1 Å². The van der Waals surface area contributed by atoms with Gasteiger partial charge in [-0.2, -0.15) is 0 Å². The van der Waals surface area contributed by atoms with Gasteiger partial charge in [0.2, 0.25) is 5.91 Å². The summed E-state index contributed by atoms with van der Waals surface area (Å²) in [6.45, 7) is 5.39. The highest BCUT2D eigenvalue weighted by molar-refractivity contribution is 6.37. The number of benzene rings is 2. The van der Waals surface area contributed by atoms with Crippen LogP contribution in [0.4, 0.5) is 5.69 Å². The highest BCUT2D eigenvalue weighted by Crippen LogP contribution is 2.42. The minimum Gasteiger partial charge on any atom is -0.496 e. The topological polar surface area (TPSA) is 90.9 Å². The van der Waals surface area contributed by atoms with Gasteiger partial charge in [-0.05, 0) is 37.1 Å². The van der Waals surface area contributed by atoms with E-state index < -0.39 is 18.3 Å². The molecule has 0 aliphatic rings. The van der Waals surface area contributed by atoms with E-state index in [4.69, 9.17) is 32.7 Å². The molecule has 1 N–H and O–H groups in total. The number of carbonyl (C=O) groups is 3. The molecule has 2 rings (SSSR count). The zero-order valence-electron chi connectivity index (χ0n) is 17.8. The van der Waals surface area contributed by atoms with Crippen molar-refractivity contribution in [3.05, 3.63) is 45.4 Å². The predicted molar refractivity (Wildman–Crippen MR) is 119 cm³/mol. The second-order valence-electron chi connectivity index (χ2n) is 6.97. The van der Waals surface area contributed by atoms with Crippen molar-refractivity contribution >= 4 is 46.5 Å². The van der Waals surface area contributed by atoms with Gasteiger partial charge in [-0.25, -0.2) is 0 Å². The quantitative estimate of drug-likeness (QED) is 0.307. The first-order valence-electron chi connectivity index (χ1n) is 9.33. The standard InChI is InChI=1S/C22H23Cl2NO6/c1-11(2)14-8-19(15(12(3)26)9-18(14)29-4)31-22-16(23)6-13(7-17(22)24)25-20(27)10-21(28)30-5/h6-9,11H,10H2,1-5H3,(H,25,27). The first-order chi connectivity index (χ1) is 14.6. The Labute approximate surface area is 190 Å². The number of nitrogens with one attached hydrogen (secondary N) is 1. The molecule has 0 fully saturated rings. The third kappa shape index (κ3) is 6.12. The van der Waals surface area contributed by atoms with E-state index in [0.717, 1.165) is 5.56 Å². The fourth-order valence-electron chi connectivity index (χ4n) is 2.81. The maximum absolute atomic E-state index is 12.2. The average molecular weight is 468 g/mol. The van der Waals surface area contributed by atoms with Gasteiger partial charge in [0, 0.05) is 11.3 Å². The normalized spacial score (nSPS) is 10.6. The first kappa shape index (κ1) is 24.5. The van der Waals surface area contributed by atoms with Crippen LogP contribution in [0.15, 0.2) is 24.3 Å². The van der Waals surface area contributed by atoms with E-state index in [-0.39, 0.29) is 38.9 Å². The molecule has 0 radical (unpaired) electrons. The van der Waals surface area contributed by atoms with Gasteiger partial charge in [0.1, 0.15) is 17.9 Å². The molecule has 0 aliphatic carbocycles. The molecule has 166 valence electrons. The fraction of sp³-hybridized carbons (Fsp3) is 0.318. The van der Waals surface area contributed by atoms with Crippen LogP contribution in [0.5, 0.6) is 17.2 Å². The number of ether oxygens (including phenoxy) is 3. The Hall–Kier alpha value is -2.77. The van der Waals surface area contributed by atoms with Crippen LogP contribution < -0.4 is 14.8 Å². The van der Waals surface area contributed by atoms with Crippen molar-refractivity contribution in [2.45, 2.75) is 33.1 Å². The van der Waals surface area contributed by atoms with Crippen LogP contribution >= 0.6 is 23.2 Å².